The minimum absolute atomic E-state index is 0.131. The van der Waals surface area contributed by atoms with E-state index in [1.54, 1.807) is 0 Å². The lowest BCUT2D eigenvalue weighted by molar-refractivity contribution is -0.121. The highest BCUT2D eigenvalue weighted by atomic mass is 32.2. The van der Waals surface area contributed by atoms with E-state index in [4.69, 9.17) is 0 Å². The lowest BCUT2D eigenvalue weighted by Crippen LogP contribution is -2.43. The Bertz CT molecular complexity index is 227. The van der Waals surface area contributed by atoms with Crippen LogP contribution in [0.15, 0.2) is 0 Å². The monoisotopic (exact) mass is 258 g/mol. The molecule has 1 aliphatic rings. The third-order valence-electron chi connectivity index (χ3n) is 3.58. The minimum Gasteiger partial charge on any atom is -0.353 e. The Morgan fingerprint density at radius 1 is 1.35 bits per heavy atom. The minimum atomic E-state index is 0.131. The van der Waals surface area contributed by atoms with E-state index >= 15 is 0 Å². The van der Waals surface area contributed by atoms with Crippen LogP contribution in [0, 0.1) is 0 Å². The molecule has 17 heavy (non-hydrogen) atoms. The van der Waals surface area contributed by atoms with Gasteiger partial charge in [0.2, 0.25) is 5.91 Å². The molecular formula is C13H26N2OS. The highest BCUT2D eigenvalue weighted by Gasteiger charge is 2.20. The lowest BCUT2D eigenvalue weighted by Gasteiger charge is -2.28. The third-order valence-corrected chi connectivity index (χ3v) is 4.72. The molecule has 100 valence electrons. The summed E-state index contributed by atoms with van der Waals surface area (Å²) in [4.78, 5) is 11.6. The molecule has 0 bridgehead atoms. The molecule has 1 unspecified atom stereocenters. The molecule has 1 fully saturated rings. The molecule has 0 spiro atoms. The van der Waals surface area contributed by atoms with Crippen LogP contribution in [0.5, 0.6) is 0 Å². The zero-order valence-corrected chi connectivity index (χ0v) is 12.1. The van der Waals surface area contributed by atoms with Gasteiger partial charge in [-0.25, -0.2) is 0 Å². The molecule has 0 aromatic carbocycles. The Labute approximate surface area is 109 Å². The molecule has 0 heterocycles. The van der Waals surface area contributed by atoms with Gasteiger partial charge in [-0.3, -0.25) is 4.79 Å². The summed E-state index contributed by atoms with van der Waals surface area (Å²) in [7, 11) is 0. The normalized spacial score (nSPS) is 26.5. The molecule has 1 aliphatic carbocycles. The van der Waals surface area contributed by atoms with E-state index in [0.29, 0.717) is 12.6 Å². The van der Waals surface area contributed by atoms with Crippen LogP contribution in [-0.2, 0) is 4.79 Å². The van der Waals surface area contributed by atoms with Crippen LogP contribution in [-0.4, -0.2) is 36.0 Å². The van der Waals surface area contributed by atoms with E-state index in [-0.39, 0.29) is 11.9 Å². The molecule has 0 aromatic heterocycles. The second-order valence-electron chi connectivity index (χ2n) is 4.97. The molecular weight excluding hydrogens is 232 g/mol. The molecule has 1 rings (SSSR count). The van der Waals surface area contributed by atoms with Gasteiger partial charge in [-0.1, -0.05) is 6.92 Å². The van der Waals surface area contributed by atoms with Crippen LogP contribution < -0.4 is 10.6 Å². The van der Waals surface area contributed by atoms with Crippen molar-refractivity contribution in [2.45, 2.75) is 63.3 Å². The second kappa shape index (κ2) is 7.98. The van der Waals surface area contributed by atoms with Gasteiger partial charge in [-0.05, 0) is 45.3 Å². The second-order valence-corrected chi connectivity index (χ2v) is 6.11. The van der Waals surface area contributed by atoms with Crippen molar-refractivity contribution in [3.63, 3.8) is 0 Å². The topological polar surface area (TPSA) is 41.1 Å². The van der Waals surface area contributed by atoms with Crippen LogP contribution in [0.2, 0.25) is 0 Å². The highest BCUT2D eigenvalue weighted by molar-refractivity contribution is 7.99. The molecule has 0 aliphatic heterocycles. The third kappa shape index (κ3) is 5.77. The van der Waals surface area contributed by atoms with E-state index in [0.717, 1.165) is 11.7 Å². The fourth-order valence-electron chi connectivity index (χ4n) is 2.17. The zero-order valence-electron chi connectivity index (χ0n) is 11.3. The van der Waals surface area contributed by atoms with Gasteiger partial charge in [0.1, 0.15) is 0 Å². The van der Waals surface area contributed by atoms with Gasteiger partial charge in [0.15, 0.2) is 0 Å². The van der Waals surface area contributed by atoms with Crippen LogP contribution in [0.4, 0.5) is 0 Å². The first-order valence-corrected chi connectivity index (χ1v) is 8.00. The van der Waals surface area contributed by atoms with Gasteiger partial charge in [0.05, 0.1) is 6.54 Å². The van der Waals surface area contributed by atoms with Gasteiger partial charge in [0, 0.05) is 17.3 Å². The first-order valence-electron chi connectivity index (χ1n) is 6.71. The molecule has 0 saturated heterocycles. The highest BCUT2D eigenvalue weighted by Crippen LogP contribution is 2.26. The number of carbonyl (C=O) groups excluding carboxylic acids is 1. The predicted molar refractivity (Wildman–Crippen MR) is 75.5 cm³/mol. The van der Waals surface area contributed by atoms with Crippen molar-refractivity contribution in [2.24, 2.45) is 0 Å². The van der Waals surface area contributed by atoms with Crippen molar-refractivity contribution < 1.29 is 4.79 Å². The van der Waals surface area contributed by atoms with E-state index < -0.39 is 0 Å². The van der Waals surface area contributed by atoms with Gasteiger partial charge < -0.3 is 10.6 Å². The standard InChI is InChI=1S/C13H26N2OS/c1-4-10(2)15-13(16)9-14-11-5-7-12(17-3)8-6-11/h10-12,14H,4-9H2,1-3H3,(H,15,16). The predicted octanol–water partition coefficient (Wildman–Crippen LogP) is 2.16. The SMILES string of the molecule is CCC(C)NC(=O)CNC1CCC(SC)CC1. The number of carbonyl (C=O) groups is 1. The Morgan fingerprint density at radius 3 is 2.53 bits per heavy atom. The fraction of sp³-hybridized carbons (Fsp3) is 0.923. The summed E-state index contributed by atoms with van der Waals surface area (Å²) in [6.07, 6.45) is 8.17. The molecule has 0 aromatic rings. The summed E-state index contributed by atoms with van der Waals surface area (Å²) in [6, 6.07) is 0.831. The maximum absolute atomic E-state index is 11.6. The number of nitrogens with one attached hydrogen (secondary N) is 2. The zero-order chi connectivity index (χ0) is 12.7. The number of amides is 1. The van der Waals surface area contributed by atoms with Crippen LogP contribution in [0.25, 0.3) is 0 Å². The van der Waals surface area contributed by atoms with Crippen LogP contribution in [0.3, 0.4) is 0 Å². The van der Waals surface area contributed by atoms with E-state index in [1.807, 2.05) is 18.7 Å². The summed E-state index contributed by atoms with van der Waals surface area (Å²) in [5.41, 5.74) is 0. The van der Waals surface area contributed by atoms with Crippen molar-refractivity contribution in [3.05, 3.63) is 0 Å². The maximum Gasteiger partial charge on any atom is 0.234 e. The van der Waals surface area contributed by atoms with Crippen molar-refractivity contribution in [3.8, 4) is 0 Å². The number of rotatable bonds is 6. The number of hydrogen-bond donors (Lipinski definition) is 2. The Morgan fingerprint density at radius 2 is 2.00 bits per heavy atom. The van der Waals surface area contributed by atoms with Crippen molar-refractivity contribution in [1.82, 2.24) is 10.6 Å². The molecule has 1 saturated carbocycles. The quantitative estimate of drug-likeness (QED) is 0.767. The summed E-state index contributed by atoms with van der Waals surface area (Å²) >= 11 is 1.98. The molecule has 0 radical (unpaired) electrons. The van der Waals surface area contributed by atoms with Gasteiger partial charge in [-0.15, -0.1) is 0 Å². The molecule has 1 amide bonds. The van der Waals surface area contributed by atoms with E-state index in [9.17, 15) is 4.79 Å². The Kier molecular flexibility index (Phi) is 6.97. The average Bonchev–Trinajstić information content (AvgIpc) is 2.36. The fourth-order valence-corrected chi connectivity index (χ4v) is 2.91. The van der Waals surface area contributed by atoms with Gasteiger partial charge >= 0.3 is 0 Å². The largest absolute Gasteiger partial charge is 0.353 e. The summed E-state index contributed by atoms with van der Waals surface area (Å²) < 4.78 is 0. The Hall–Kier alpha value is -0.220. The first-order chi connectivity index (χ1) is 8.15. The summed E-state index contributed by atoms with van der Waals surface area (Å²) in [5.74, 6) is 0.131. The number of thioether (sulfide) groups is 1. The van der Waals surface area contributed by atoms with Crippen molar-refractivity contribution in [2.75, 3.05) is 12.8 Å². The first kappa shape index (κ1) is 14.8. The van der Waals surface area contributed by atoms with Crippen molar-refractivity contribution in [1.29, 1.82) is 0 Å². The maximum atomic E-state index is 11.6. The smallest absolute Gasteiger partial charge is 0.234 e. The molecule has 1 atom stereocenters. The van der Waals surface area contributed by atoms with E-state index in [2.05, 4.69) is 23.8 Å². The summed E-state index contributed by atoms with van der Waals surface area (Å²) in [5, 5.41) is 7.19. The van der Waals surface area contributed by atoms with Crippen molar-refractivity contribution >= 4 is 17.7 Å². The summed E-state index contributed by atoms with van der Waals surface area (Å²) in [6.45, 7) is 4.60. The van der Waals surface area contributed by atoms with E-state index in [1.165, 1.54) is 25.7 Å². The molecule has 4 heteroatoms. The van der Waals surface area contributed by atoms with Gasteiger partial charge in [0.25, 0.3) is 0 Å². The Balaban J connectivity index is 2.12. The molecule has 3 nitrogen and oxygen atoms in total. The van der Waals surface area contributed by atoms with Gasteiger partial charge in [-0.2, -0.15) is 11.8 Å². The average molecular weight is 258 g/mol. The number of hydrogen-bond acceptors (Lipinski definition) is 3. The van der Waals surface area contributed by atoms with Crippen LogP contribution in [0.1, 0.15) is 46.0 Å². The van der Waals surface area contributed by atoms with Crippen LogP contribution >= 0.6 is 11.8 Å². The lowest BCUT2D eigenvalue weighted by atomic mass is 9.95. The molecule has 2 N–H and O–H groups in total.